The molecule has 1 heterocycles. The monoisotopic (exact) mass is 343 g/mol. The molecular formula is C21H29NO3. The van der Waals surface area contributed by atoms with Crippen LogP contribution < -0.4 is 10.1 Å². The van der Waals surface area contributed by atoms with E-state index in [0.29, 0.717) is 25.4 Å². The number of unbranched alkanes of at least 4 members (excludes halogenated alkanes) is 2. The number of hydrogen-bond acceptors (Lipinski definition) is 3. The summed E-state index contributed by atoms with van der Waals surface area (Å²) in [5, 5.41) is 12.7. The van der Waals surface area contributed by atoms with Gasteiger partial charge in [0.25, 0.3) is 0 Å². The molecule has 1 aromatic rings. The molecule has 25 heavy (non-hydrogen) atoms. The topological polar surface area (TPSA) is 58.6 Å². The number of carbonyl (C=O) groups is 1. The molecule has 3 rings (SSSR count). The number of allylic oxidation sites excluding steroid dienone is 1. The number of carboxylic acid groups (broad SMARTS) is 1. The van der Waals surface area contributed by atoms with Crippen LogP contribution in [0, 0.1) is 11.3 Å². The van der Waals surface area contributed by atoms with Gasteiger partial charge >= 0.3 is 5.97 Å². The quantitative estimate of drug-likeness (QED) is 0.703. The number of fused-ring (bicyclic) bond motifs is 1. The fourth-order valence-corrected chi connectivity index (χ4v) is 3.73. The molecule has 0 spiro atoms. The molecule has 0 aromatic heterocycles. The van der Waals surface area contributed by atoms with Crippen LogP contribution in [-0.4, -0.2) is 30.8 Å². The first-order valence-corrected chi connectivity index (χ1v) is 9.44. The third-order valence-corrected chi connectivity index (χ3v) is 5.55. The summed E-state index contributed by atoms with van der Waals surface area (Å²) < 4.78 is 5.87. The van der Waals surface area contributed by atoms with E-state index in [4.69, 9.17) is 4.74 Å². The Morgan fingerprint density at radius 2 is 2.16 bits per heavy atom. The lowest BCUT2D eigenvalue weighted by Gasteiger charge is -2.40. The first kappa shape index (κ1) is 18.0. The summed E-state index contributed by atoms with van der Waals surface area (Å²) in [5.74, 6) is 0.643. The van der Waals surface area contributed by atoms with Gasteiger partial charge in [-0.05, 0) is 48.4 Å². The molecule has 136 valence electrons. The van der Waals surface area contributed by atoms with E-state index in [1.165, 1.54) is 29.5 Å². The lowest BCUT2D eigenvalue weighted by Crippen LogP contribution is -2.58. The van der Waals surface area contributed by atoms with Crippen LogP contribution in [0.5, 0.6) is 5.75 Å². The van der Waals surface area contributed by atoms with E-state index in [0.717, 1.165) is 25.2 Å². The number of rotatable bonds is 8. The van der Waals surface area contributed by atoms with Crippen molar-refractivity contribution in [1.82, 2.24) is 5.32 Å². The Labute approximate surface area is 150 Å². The summed E-state index contributed by atoms with van der Waals surface area (Å²) in [6.07, 6.45) is 7.30. The van der Waals surface area contributed by atoms with Crippen LogP contribution in [0.1, 0.15) is 50.7 Å². The van der Waals surface area contributed by atoms with Crippen LogP contribution in [0.15, 0.2) is 23.8 Å². The third kappa shape index (κ3) is 3.90. The summed E-state index contributed by atoms with van der Waals surface area (Å²) in [7, 11) is 0. The number of carboxylic acids is 1. The van der Waals surface area contributed by atoms with E-state index in [2.05, 4.69) is 37.4 Å². The molecule has 1 fully saturated rings. The largest absolute Gasteiger partial charge is 0.494 e. The molecule has 2 N–H and O–H groups in total. The van der Waals surface area contributed by atoms with Crippen molar-refractivity contribution in [2.75, 3.05) is 19.7 Å². The zero-order valence-electron chi connectivity index (χ0n) is 15.3. The smallest absolute Gasteiger partial charge is 0.312 e. The highest BCUT2D eigenvalue weighted by Crippen LogP contribution is 2.39. The van der Waals surface area contributed by atoms with E-state index in [-0.39, 0.29) is 0 Å². The Morgan fingerprint density at radius 1 is 1.36 bits per heavy atom. The maximum atomic E-state index is 11.6. The van der Waals surface area contributed by atoms with E-state index in [1.54, 1.807) is 0 Å². The highest BCUT2D eigenvalue weighted by Gasteiger charge is 2.45. The normalized spacial score (nSPS) is 21.0. The number of hydrogen-bond donors (Lipinski definition) is 2. The zero-order chi connectivity index (χ0) is 17.9. The molecule has 1 aliphatic heterocycles. The number of benzene rings is 1. The van der Waals surface area contributed by atoms with Crippen LogP contribution in [0.4, 0.5) is 0 Å². The van der Waals surface area contributed by atoms with Crippen LogP contribution in [0.2, 0.25) is 0 Å². The Bertz CT molecular complexity index is 661. The molecule has 4 nitrogen and oxygen atoms in total. The van der Waals surface area contributed by atoms with E-state index in [1.807, 2.05) is 6.07 Å². The Balaban J connectivity index is 1.71. The summed E-state index contributed by atoms with van der Waals surface area (Å²) in [6, 6.07) is 6.30. The lowest BCUT2D eigenvalue weighted by molar-refractivity contribution is -0.152. The molecule has 1 aliphatic carbocycles. The highest BCUT2D eigenvalue weighted by atomic mass is 16.5. The predicted octanol–water partition coefficient (Wildman–Crippen LogP) is 3.90. The van der Waals surface area contributed by atoms with Crippen molar-refractivity contribution in [1.29, 1.82) is 0 Å². The first-order valence-electron chi connectivity index (χ1n) is 9.44. The Hall–Kier alpha value is -1.81. The predicted molar refractivity (Wildman–Crippen MR) is 99.9 cm³/mol. The number of nitrogens with one attached hydrogen (secondary N) is 1. The van der Waals surface area contributed by atoms with E-state index >= 15 is 0 Å². The van der Waals surface area contributed by atoms with Crippen molar-refractivity contribution >= 4 is 12.0 Å². The van der Waals surface area contributed by atoms with E-state index < -0.39 is 11.4 Å². The van der Waals surface area contributed by atoms with Crippen molar-refractivity contribution in [2.45, 2.75) is 46.0 Å². The van der Waals surface area contributed by atoms with Crippen LogP contribution in [0.25, 0.3) is 6.08 Å². The zero-order valence-corrected chi connectivity index (χ0v) is 15.3. The lowest BCUT2D eigenvalue weighted by atomic mass is 9.71. The van der Waals surface area contributed by atoms with Gasteiger partial charge in [0.15, 0.2) is 0 Å². The highest BCUT2D eigenvalue weighted by molar-refractivity contribution is 5.77. The number of aliphatic carboxylic acids is 1. The molecule has 0 amide bonds. The van der Waals surface area contributed by atoms with Crippen LogP contribution >= 0.6 is 0 Å². The Morgan fingerprint density at radius 3 is 2.80 bits per heavy atom. The molecule has 0 radical (unpaired) electrons. The van der Waals surface area contributed by atoms with Gasteiger partial charge in [-0.25, -0.2) is 0 Å². The minimum atomic E-state index is -0.680. The first-order chi connectivity index (χ1) is 12.0. The molecule has 0 saturated carbocycles. The average Bonchev–Trinajstić information content (AvgIpc) is 2.55. The molecule has 0 bridgehead atoms. The molecule has 1 atom stereocenters. The minimum Gasteiger partial charge on any atom is -0.494 e. The second-order valence-corrected chi connectivity index (χ2v) is 7.61. The van der Waals surface area contributed by atoms with Gasteiger partial charge in [-0.15, -0.1) is 0 Å². The fourth-order valence-electron chi connectivity index (χ4n) is 3.73. The standard InChI is InChI=1S/C21H29NO3/c1-3-4-5-8-25-19-7-6-16-10-18(15(2)9-17(16)11-19)12-21(20(23)24)13-22-14-21/h6-7,10-11,15,22H,3-5,8-9,12-14H2,1-2H3,(H,23,24)/t15-/m0/s1. The van der Waals surface area contributed by atoms with E-state index in [9.17, 15) is 9.90 Å². The maximum absolute atomic E-state index is 11.6. The molecule has 1 aromatic carbocycles. The van der Waals surface area contributed by atoms with Crippen LogP contribution in [0.3, 0.4) is 0 Å². The van der Waals surface area contributed by atoms with Gasteiger partial charge < -0.3 is 15.2 Å². The summed E-state index contributed by atoms with van der Waals surface area (Å²) in [4.78, 5) is 11.6. The average molecular weight is 343 g/mol. The second-order valence-electron chi connectivity index (χ2n) is 7.61. The van der Waals surface area contributed by atoms with Crippen molar-refractivity contribution in [2.24, 2.45) is 11.3 Å². The molecule has 0 unspecified atom stereocenters. The van der Waals surface area contributed by atoms with Gasteiger partial charge in [0.2, 0.25) is 0 Å². The van der Waals surface area contributed by atoms with Crippen molar-refractivity contribution in [3.05, 3.63) is 34.9 Å². The van der Waals surface area contributed by atoms with Gasteiger partial charge in [0.05, 0.1) is 12.0 Å². The SMILES string of the molecule is CCCCCOc1ccc2c(c1)C[C@H](C)C(CC1(C(=O)O)CNC1)=C2. The molecule has 4 heteroatoms. The number of ether oxygens (including phenoxy) is 1. The summed E-state index contributed by atoms with van der Waals surface area (Å²) in [5.41, 5.74) is 3.16. The molecule has 2 aliphatic rings. The van der Waals surface area contributed by atoms with Gasteiger partial charge in [-0.3, -0.25) is 4.79 Å². The Kier molecular flexibility index (Phi) is 5.48. The van der Waals surface area contributed by atoms with Crippen LogP contribution in [-0.2, 0) is 11.2 Å². The third-order valence-electron chi connectivity index (χ3n) is 5.55. The second kappa shape index (κ2) is 7.61. The fraction of sp³-hybridized carbons (Fsp3) is 0.571. The van der Waals surface area contributed by atoms with Crippen molar-refractivity contribution < 1.29 is 14.6 Å². The van der Waals surface area contributed by atoms with Gasteiger partial charge in [0, 0.05) is 13.1 Å². The maximum Gasteiger partial charge on any atom is 0.312 e. The van der Waals surface area contributed by atoms with Gasteiger partial charge in [-0.1, -0.05) is 44.4 Å². The summed E-state index contributed by atoms with van der Waals surface area (Å²) in [6.45, 7) is 6.31. The van der Waals surface area contributed by atoms with Crippen molar-refractivity contribution in [3.8, 4) is 5.75 Å². The van der Waals surface area contributed by atoms with Crippen molar-refractivity contribution in [3.63, 3.8) is 0 Å². The molecular weight excluding hydrogens is 314 g/mol. The van der Waals surface area contributed by atoms with Gasteiger partial charge in [0.1, 0.15) is 5.75 Å². The molecule has 1 saturated heterocycles. The summed E-state index contributed by atoms with van der Waals surface area (Å²) >= 11 is 0. The minimum absolute atomic E-state index is 0.375. The van der Waals surface area contributed by atoms with Gasteiger partial charge in [-0.2, -0.15) is 0 Å².